The highest BCUT2D eigenvalue weighted by Gasteiger charge is 2.36. The second-order valence-electron chi connectivity index (χ2n) is 7.23. The van der Waals surface area contributed by atoms with Gasteiger partial charge in [-0.2, -0.15) is 0 Å². The van der Waals surface area contributed by atoms with Crippen LogP contribution in [0.4, 0.5) is 5.69 Å². The molecular weight excluding hydrogens is 314 g/mol. The largest absolute Gasteiger partial charge is 0.468 e. The lowest BCUT2D eigenvalue weighted by atomic mass is 9.85. The summed E-state index contributed by atoms with van der Waals surface area (Å²) in [7, 11) is 0. The number of hydrogen-bond acceptors (Lipinski definition) is 4. The second-order valence-corrected chi connectivity index (χ2v) is 7.23. The molecule has 2 aliphatic rings. The van der Waals surface area contributed by atoms with Gasteiger partial charge in [0.15, 0.2) is 0 Å². The monoisotopic (exact) mass is 339 g/mol. The van der Waals surface area contributed by atoms with Crippen molar-refractivity contribution in [3.05, 3.63) is 54.0 Å². The molecule has 5 nitrogen and oxygen atoms in total. The topological polar surface area (TPSA) is 57.5 Å². The molecule has 0 aliphatic carbocycles. The highest BCUT2D eigenvalue weighted by Crippen LogP contribution is 2.33. The van der Waals surface area contributed by atoms with Gasteiger partial charge in [0.2, 0.25) is 5.91 Å². The van der Waals surface area contributed by atoms with E-state index in [-0.39, 0.29) is 11.4 Å². The Balaban J connectivity index is 1.52. The Labute approximate surface area is 148 Å². The van der Waals surface area contributed by atoms with E-state index >= 15 is 0 Å². The Hall–Kier alpha value is -2.27. The van der Waals surface area contributed by atoms with Crippen LogP contribution in [0.25, 0.3) is 0 Å². The zero-order valence-electron chi connectivity index (χ0n) is 14.5. The highest BCUT2D eigenvalue weighted by molar-refractivity contribution is 5.79. The average Bonchev–Trinajstić information content (AvgIpc) is 3.03. The number of fused-ring (bicyclic) bond motifs is 1. The number of carbonyl (C=O) groups excluding carboxylic acids is 1. The van der Waals surface area contributed by atoms with Gasteiger partial charge in [-0.25, -0.2) is 0 Å². The maximum absolute atomic E-state index is 12.4. The van der Waals surface area contributed by atoms with E-state index in [2.05, 4.69) is 33.7 Å². The van der Waals surface area contributed by atoms with E-state index in [4.69, 9.17) is 4.42 Å². The summed E-state index contributed by atoms with van der Waals surface area (Å²) in [5.41, 5.74) is 2.15. The first-order valence-electron chi connectivity index (χ1n) is 9.10. The highest BCUT2D eigenvalue weighted by atomic mass is 16.3. The molecule has 25 heavy (non-hydrogen) atoms. The first-order chi connectivity index (χ1) is 12.2. The molecule has 0 radical (unpaired) electrons. The lowest BCUT2D eigenvalue weighted by Crippen LogP contribution is -2.46. The van der Waals surface area contributed by atoms with Crippen molar-refractivity contribution in [2.75, 3.05) is 18.4 Å². The number of benzene rings is 1. The Kier molecular flexibility index (Phi) is 4.49. The van der Waals surface area contributed by atoms with Crippen molar-refractivity contribution in [2.45, 2.75) is 44.3 Å². The van der Waals surface area contributed by atoms with Gasteiger partial charge >= 0.3 is 0 Å². The Morgan fingerprint density at radius 2 is 2.04 bits per heavy atom. The van der Waals surface area contributed by atoms with Gasteiger partial charge in [0.25, 0.3) is 0 Å². The first kappa shape index (κ1) is 16.2. The minimum atomic E-state index is -0.168. The van der Waals surface area contributed by atoms with Crippen LogP contribution in [-0.4, -0.2) is 29.4 Å². The third kappa shape index (κ3) is 3.71. The summed E-state index contributed by atoms with van der Waals surface area (Å²) in [6.07, 6.45) is 5.30. The summed E-state index contributed by atoms with van der Waals surface area (Å²) < 4.78 is 5.49. The number of hydrogen-bond donors (Lipinski definition) is 2. The molecule has 1 saturated heterocycles. The Bertz CT molecular complexity index is 728. The molecule has 1 aromatic carbocycles. The average molecular weight is 339 g/mol. The van der Waals surface area contributed by atoms with E-state index in [1.165, 1.54) is 0 Å². The van der Waals surface area contributed by atoms with E-state index in [9.17, 15) is 4.79 Å². The van der Waals surface area contributed by atoms with Crippen LogP contribution in [0.2, 0.25) is 0 Å². The van der Waals surface area contributed by atoms with E-state index in [0.29, 0.717) is 13.0 Å². The van der Waals surface area contributed by atoms with Crippen LogP contribution in [0.5, 0.6) is 0 Å². The lowest BCUT2D eigenvalue weighted by molar-refractivity contribution is -0.122. The van der Waals surface area contributed by atoms with Crippen molar-refractivity contribution >= 4 is 11.6 Å². The molecule has 5 heteroatoms. The quantitative estimate of drug-likeness (QED) is 0.882. The molecule has 1 unspecified atom stereocenters. The van der Waals surface area contributed by atoms with Gasteiger partial charge in [0, 0.05) is 30.7 Å². The van der Waals surface area contributed by atoms with Gasteiger partial charge < -0.3 is 15.1 Å². The third-order valence-corrected chi connectivity index (χ3v) is 5.39. The fourth-order valence-electron chi connectivity index (χ4n) is 4.02. The van der Waals surface area contributed by atoms with Crippen LogP contribution < -0.4 is 10.6 Å². The van der Waals surface area contributed by atoms with E-state index in [0.717, 1.165) is 55.9 Å². The fourth-order valence-corrected chi connectivity index (χ4v) is 4.02. The molecule has 2 aromatic rings. The molecule has 0 bridgehead atoms. The van der Waals surface area contributed by atoms with Gasteiger partial charge in [0.05, 0.1) is 12.8 Å². The summed E-state index contributed by atoms with van der Waals surface area (Å²) in [5.74, 6) is 1.14. The molecule has 1 fully saturated rings. The predicted molar refractivity (Wildman–Crippen MR) is 97.1 cm³/mol. The molecule has 1 aromatic heterocycles. The molecule has 2 N–H and O–H groups in total. The third-order valence-electron chi connectivity index (χ3n) is 5.39. The molecule has 4 rings (SSSR count). The second kappa shape index (κ2) is 6.92. The number of para-hydroxylation sites is 1. The standard InChI is InChI=1S/C20H25N3O2/c24-19-13-20(22-18-7-2-1-5-16(18)14-21-19)8-4-10-23(11-9-20)15-17-6-3-12-25-17/h1-3,5-7,12,22H,4,8-11,13-15H2,(H,21,24). The number of amides is 1. The maximum atomic E-state index is 12.4. The van der Waals surface area contributed by atoms with E-state index < -0.39 is 0 Å². The van der Waals surface area contributed by atoms with Crippen LogP contribution in [0, 0.1) is 0 Å². The number of nitrogens with one attached hydrogen (secondary N) is 2. The van der Waals surface area contributed by atoms with Crippen LogP contribution >= 0.6 is 0 Å². The first-order valence-corrected chi connectivity index (χ1v) is 9.10. The SMILES string of the molecule is O=C1CC2(CCCN(Cc3ccco3)CC2)Nc2ccccc2CN1. The normalized spacial score (nSPS) is 24.6. The van der Waals surface area contributed by atoms with Crippen LogP contribution in [-0.2, 0) is 17.9 Å². The van der Waals surface area contributed by atoms with Gasteiger partial charge in [-0.05, 0) is 49.6 Å². The smallest absolute Gasteiger partial charge is 0.222 e. The summed E-state index contributed by atoms with van der Waals surface area (Å²) in [4.78, 5) is 14.8. The summed E-state index contributed by atoms with van der Waals surface area (Å²) in [6.45, 7) is 3.44. The summed E-state index contributed by atoms with van der Waals surface area (Å²) >= 11 is 0. The number of carbonyl (C=O) groups is 1. The van der Waals surface area contributed by atoms with Crippen molar-refractivity contribution in [2.24, 2.45) is 0 Å². The minimum Gasteiger partial charge on any atom is -0.468 e. The lowest BCUT2D eigenvalue weighted by Gasteiger charge is -2.37. The summed E-state index contributed by atoms with van der Waals surface area (Å²) in [6, 6.07) is 12.3. The molecule has 1 spiro atoms. The van der Waals surface area contributed by atoms with Crippen molar-refractivity contribution in [1.29, 1.82) is 0 Å². The fraction of sp³-hybridized carbons (Fsp3) is 0.450. The maximum Gasteiger partial charge on any atom is 0.222 e. The molecule has 3 heterocycles. The summed E-state index contributed by atoms with van der Waals surface area (Å²) in [5, 5.41) is 6.83. The Morgan fingerprint density at radius 3 is 2.92 bits per heavy atom. The zero-order valence-corrected chi connectivity index (χ0v) is 14.5. The number of nitrogens with zero attached hydrogens (tertiary/aromatic N) is 1. The van der Waals surface area contributed by atoms with Crippen LogP contribution in [0.1, 0.15) is 37.0 Å². The van der Waals surface area contributed by atoms with E-state index in [1.54, 1.807) is 6.26 Å². The van der Waals surface area contributed by atoms with Gasteiger partial charge in [-0.1, -0.05) is 18.2 Å². The van der Waals surface area contributed by atoms with Gasteiger partial charge in [0.1, 0.15) is 5.76 Å². The van der Waals surface area contributed by atoms with Crippen LogP contribution in [0.3, 0.4) is 0 Å². The van der Waals surface area contributed by atoms with Crippen molar-refractivity contribution in [1.82, 2.24) is 10.2 Å². The predicted octanol–water partition coefficient (Wildman–Crippen LogP) is 3.14. The van der Waals surface area contributed by atoms with Crippen molar-refractivity contribution in [3.8, 4) is 0 Å². The Morgan fingerprint density at radius 1 is 1.12 bits per heavy atom. The van der Waals surface area contributed by atoms with Gasteiger partial charge in [-0.15, -0.1) is 0 Å². The number of furan rings is 1. The molecule has 2 aliphatic heterocycles. The number of anilines is 1. The van der Waals surface area contributed by atoms with Gasteiger partial charge in [-0.3, -0.25) is 9.69 Å². The van der Waals surface area contributed by atoms with Crippen molar-refractivity contribution in [3.63, 3.8) is 0 Å². The van der Waals surface area contributed by atoms with E-state index in [1.807, 2.05) is 18.2 Å². The minimum absolute atomic E-state index is 0.140. The zero-order chi connectivity index (χ0) is 17.1. The number of likely N-dealkylation sites (tertiary alicyclic amines) is 1. The molecule has 0 saturated carbocycles. The van der Waals surface area contributed by atoms with Crippen molar-refractivity contribution < 1.29 is 9.21 Å². The molecule has 1 atom stereocenters. The van der Waals surface area contributed by atoms with Crippen LogP contribution in [0.15, 0.2) is 47.1 Å². The number of rotatable bonds is 2. The molecule has 1 amide bonds. The molecular formula is C20H25N3O2. The molecule has 132 valence electrons.